The zero-order chi connectivity index (χ0) is 20.2. The van der Waals surface area contributed by atoms with E-state index < -0.39 is 0 Å². The van der Waals surface area contributed by atoms with Gasteiger partial charge in [-0.25, -0.2) is 0 Å². The van der Waals surface area contributed by atoms with Crippen molar-refractivity contribution in [2.24, 2.45) is 34.5 Å². The number of fused-ring (bicyclic) bond motifs is 5. The molecule has 4 heteroatoms. The number of anilines is 1. The number of amides is 2. The van der Waals surface area contributed by atoms with Crippen LogP contribution in [0, 0.1) is 34.5 Å². The summed E-state index contributed by atoms with van der Waals surface area (Å²) in [5.74, 6) is 2.61. The van der Waals surface area contributed by atoms with E-state index in [0.29, 0.717) is 30.2 Å². The Morgan fingerprint density at radius 2 is 1.72 bits per heavy atom. The molecule has 0 aromatic heterocycles. The zero-order valence-corrected chi connectivity index (χ0v) is 17.7. The molecule has 4 aliphatic rings. The monoisotopic (exact) mass is 394 g/mol. The SMILES string of the molecule is C[C@]12CCC(=O)NC1CC[C@@H]1[C@H]2CC[C@]2(C)C(C(=O)Nc3ccccc3)CC[C@@H]12. The standard InChI is InChI=1S/C25H34N2O2/c1-24-14-12-19-17(8-11-21-25(19,2)15-13-22(28)27-21)18(24)9-10-20(24)23(29)26-16-6-4-3-5-7-16/h3-7,17-21H,8-15H2,1-2H3,(H,26,29)(H,27,28)/t17-,18-,19+,20?,21?,24-,25+/m0/s1. The van der Waals surface area contributed by atoms with Crippen molar-refractivity contribution < 1.29 is 9.59 Å². The minimum Gasteiger partial charge on any atom is -0.353 e. The van der Waals surface area contributed by atoms with Gasteiger partial charge in [0.25, 0.3) is 0 Å². The molecule has 0 bridgehead atoms. The van der Waals surface area contributed by atoms with E-state index in [1.807, 2.05) is 30.3 Å². The van der Waals surface area contributed by atoms with Crippen LogP contribution in [0.1, 0.15) is 65.2 Å². The quantitative estimate of drug-likeness (QED) is 0.760. The van der Waals surface area contributed by atoms with Crippen LogP contribution in [0.2, 0.25) is 0 Å². The van der Waals surface area contributed by atoms with E-state index in [2.05, 4.69) is 24.5 Å². The summed E-state index contributed by atoms with van der Waals surface area (Å²) in [6, 6.07) is 10.2. The van der Waals surface area contributed by atoms with Crippen molar-refractivity contribution in [2.75, 3.05) is 5.32 Å². The number of hydrogen-bond acceptors (Lipinski definition) is 2. The molecule has 1 aromatic carbocycles. The highest BCUT2D eigenvalue weighted by molar-refractivity contribution is 5.93. The van der Waals surface area contributed by atoms with Crippen molar-refractivity contribution in [1.29, 1.82) is 0 Å². The Labute approximate surface area is 174 Å². The third-order valence-electron chi connectivity index (χ3n) is 9.45. The summed E-state index contributed by atoms with van der Waals surface area (Å²) in [6.07, 6.45) is 8.57. The van der Waals surface area contributed by atoms with Crippen molar-refractivity contribution in [2.45, 2.75) is 71.3 Å². The molecule has 2 unspecified atom stereocenters. The fraction of sp³-hybridized carbons (Fsp3) is 0.680. The van der Waals surface area contributed by atoms with Crippen LogP contribution in [0.3, 0.4) is 0 Å². The maximum Gasteiger partial charge on any atom is 0.228 e. The number of carbonyl (C=O) groups excluding carboxylic acids is 2. The van der Waals surface area contributed by atoms with Gasteiger partial charge >= 0.3 is 0 Å². The fourth-order valence-corrected chi connectivity index (χ4v) is 7.88. The summed E-state index contributed by atoms with van der Waals surface area (Å²) in [5.41, 5.74) is 1.26. The summed E-state index contributed by atoms with van der Waals surface area (Å²) < 4.78 is 0. The number of rotatable bonds is 2. The van der Waals surface area contributed by atoms with Gasteiger partial charge in [0.05, 0.1) is 0 Å². The van der Waals surface area contributed by atoms with Crippen molar-refractivity contribution in [1.82, 2.24) is 5.32 Å². The van der Waals surface area contributed by atoms with Crippen LogP contribution < -0.4 is 10.6 Å². The Balaban J connectivity index is 1.36. The van der Waals surface area contributed by atoms with E-state index in [9.17, 15) is 9.59 Å². The van der Waals surface area contributed by atoms with E-state index in [0.717, 1.165) is 31.4 Å². The van der Waals surface area contributed by atoms with Crippen LogP contribution in [-0.4, -0.2) is 17.9 Å². The first kappa shape index (κ1) is 19.1. The van der Waals surface area contributed by atoms with Gasteiger partial charge in [-0.1, -0.05) is 32.0 Å². The minimum atomic E-state index is 0.112. The maximum atomic E-state index is 13.2. The Hall–Kier alpha value is -1.84. The van der Waals surface area contributed by atoms with Crippen LogP contribution in [-0.2, 0) is 9.59 Å². The van der Waals surface area contributed by atoms with Crippen molar-refractivity contribution in [3.05, 3.63) is 30.3 Å². The molecule has 7 atom stereocenters. The van der Waals surface area contributed by atoms with E-state index in [4.69, 9.17) is 0 Å². The summed E-state index contributed by atoms with van der Waals surface area (Å²) >= 11 is 0. The van der Waals surface area contributed by atoms with Gasteiger partial charge in [-0.2, -0.15) is 0 Å². The predicted octanol–water partition coefficient (Wildman–Crippen LogP) is 4.76. The molecule has 3 aliphatic carbocycles. The lowest BCUT2D eigenvalue weighted by atomic mass is 9.47. The smallest absolute Gasteiger partial charge is 0.228 e. The molecule has 2 amide bonds. The maximum absolute atomic E-state index is 13.2. The molecule has 0 spiro atoms. The molecule has 1 aliphatic heterocycles. The minimum absolute atomic E-state index is 0.112. The summed E-state index contributed by atoms with van der Waals surface area (Å²) in [7, 11) is 0. The van der Waals surface area contributed by atoms with Crippen LogP contribution in [0.15, 0.2) is 30.3 Å². The van der Waals surface area contributed by atoms with Crippen molar-refractivity contribution in [3.8, 4) is 0 Å². The van der Waals surface area contributed by atoms with E-state index in [1.165, 1.54) is 19.3 Å². The molecule has 3 saturated carbocycles. The number of nitrogens with one attached hydrogen (secondary N) is 2. The predicted molar refractivity (Wildman–Crippen MR) is 114 cm³/mol. The highest BCUT2D eigenvalue weighted by atomic mass is 16.2. The van der Waals surface area contributed by atoms with Crippen LogP contribution in [0.4, 0.5) is 5.69 Å². The number of benzene rings is 1. The second kappa shape index (κ2) is 6.85. The second-order valence-corrected chi connectivity index (χ2v) is 10.6. The Kier molecular flexibility index (Phi) is 4.52. The summed E-state index contributed by atoms with van der Waals surface area (Å²) in [5, 5.41) is 6.50. The second-order valence-electron chi connectivity index (χ2n) is 10.6. The molecule has 1 saturated heterocycles. The third-order valence-corrected chi connectivity index (χ3v) is 9.45. The van der Waals surface area contributed by atoms with Gasteiger partial charge in [-0.15, -0.1) is 0 Å². The van der Waals surface area contributed by atoms with Gasteiger partial charge in [0.2, 0.25) is 11.8 Å². The molecule has 1 aromatic rings. The highest BCUT2D eigenvalue weighted by Crippen LogP contribution is 2.65. The molecular weight excluding hydrogens is 360 g/mol. The van der Waals surface area contributed by atoms with Crippen molar-refractivity contribution >= 4 is 17.5 Å². The fourth-order valence-electron chi connectivity index (χ4n) is 7.88. The lowest BCUT2D eigenvalue weighted by Crippen LogP contribution is -2.61. The number of piperidine rings is 1. The van der Waals surface area contributed by atoms with Crippen LogP contribution in [0.5, 0.6) is 0 Å². The van der Waals surface area contributed by atoms with Crippen molar-refractivity contribution in [3.63, 3.8) is 0 Å². The van der Waals surface area contributed by atoms with Gasteiger partial charge in [-0.3, -0.25) is 9.59 Å². The third kappa shape index (κ3) is 2.93. The lowest BCUT2D eigenvalue weighted by Gasteiger charge is -2.60. The first-order valence-corrected chi connectivity index (χ1v) is 11.6. The zero-order valence-electron chi connectivity index (χ0n) is 17.7. The molecule has 1 heterocycles. The summed E-state index contributed by atoms with van der Waals surface area (Å²) in [6.45, 7) is 4.83. The van der Waals surface area contributed by atoms with Gasteiger partial charge < -0.3 is 10.6 Å². The van der Waals surface area contributed by atoms with E-state index in [1.54, 1.807) is 0 Å². The lowest BCUT2D eigenvalue weighted by molar-refractivity contribution is -0.140. The topological polar surface area (TPSA) is 58.2 Å². The molecule has 2 N–H and O–H groups in total. The first-order valence-electron chi connectivity index (χ1n) is 11.6. The molecule has 0 radical (unpaired) electrons. The van der Waals surface area contributed by atoms with Gasteiger partial charge in [0.1, 0.15) is 0 Å². The average Bonchev–Trinajstić information content (AvgIpc) is 3.06. The molecule has 4 fully saturated rings. The number of carbonyl (C=O) groups is 2. The van der Waals surface area contributed by atoms with Gasteiger partial charge in [0.15, 0.2) is 0 Å². The Bertz CT molecular complexity index is 808. The van der Waals surface area contributed by atoms with Gasteiger partial charge in [0, 0.05) is 24.1 Å². The van der Waals surface area contributed by atoms with Crippen LogP contribution in [0.25, 0.3) is 0 Å². The molecular formula is C25H34N2O2. The highest BCUT2D eigenvalue weighted by Gasteiger charge is 2.61. The number of para-hydroxylation sites is 1. The Morgan fingerprint density at radius 3 is 2.52 bits per heavy atom. The largest absolute Gasteiger partial charge is 0.353 e. The number of hydrogen-bond donors (Lipinski definition) is 2. The van der Waals surface area contributed by atoms with E-state index in [-0.39, 0.29) is 28.6 Å². The Morgan fingerprint density at radius 1 is 0.966 bits per heavy atom. The average molecular weight is 395 g/mol. The molecule has 4 nitrogen and oxygen atoms in total. The molecule has 5 rings (SSSR count). The first-order chi connectivity index (χ1) is 13.9. The summed E-state index contributed by atoms with van der Waals surface area (Å²) in [4.78, 5) is 25.2. The normalized spacial score (nSPS) is 43.5. The van der Waals surface area contributed by atoms with Crippen LogP contribution >= 0.6 is 0 Å². The van der Waals surface area contributed by atoms with E-state index >= 15 is 0 Å². The molecule has 29 heavy (non-hydrogen) atoms. The van der Waals surface area contributed by atoms with Gasteiger partial charge in [-0.05, 0) is 85.7 Å². The molecule has 156 valence electrons.